The lowest BCUT2D eigenvalue weighted by Gasteiger charge is -2.31. The smallest absolute Gasteiger partial charge is 0.292 e. The van der Waals surface area contributed by atoms with E-state index in [0.717, 1.165) is 48.4 Å². The van der Waals surface area contributed by atoms with Crippen molar-refractivity contribution in [2.24, 2.45) is 5.92 Å². The van der Waals surface area contributed by atoms with Crippen LogP contribution in [0, 0.1) is 23.0 Å². The Balaban J connectivity index is 1.77. The molecule has 2 aromatic rings. The highest BCUT2D eigenvalue weighted by Gasteiger charge is 2.23. The summed E-state index contributed by atoms with van der Waals surface area (Å²) in [5, 5.41) is 14.9. The monoisotopic (exact) mass is 339 g/mol. The van der Waals surface area contributed by atoms with Crippen molar-refractivity contribution >= 4 is 17.1 Å². The van der Waals surface area contributed by atoms with Crippen molar-refractivity contribution in [1.82, 2.24) is 0 Å². The molecule has 132 valence electrons. The third-order valence-corrected chi connectivity index (χ3v) is 4.99. The van der Waals surface area contributed by atoms with E-state index in [2.05, 4.69) is 17.1 Å². The summed E-state index contributed by atoms with van der Waals surface area (Å²) >= 11 is 0. The third-order valence-electron chi connectivity index (χ3n) is 4.99. The molecule has 1 N–H and O–H groups in total. The number of nitro groups is 1. The molecule has 0 saturated carbocycles. The predicted molar refractivity (Wildman–Crippen MR) is 102 cm³/mol. The molecule has 0 atom stereocenters. The zero-order valence-corrected chi connectivity index (χ0v) is 14.9. The molecule has 1 saturated heterocycles. The normalized spacial score (nSPS) is 15.2. The lowest BCUT2D eigenvalue weighted by atomic mass is 9.98. The maximum atomic E-state index is 11.6. The van der Waals surface area contributed by atoms with Crippen molar-refractivity contribution in [2.75, 3.05) is 23.3 Å². The molecule has 5 nitrogen and oxygen atoms in total. The van der Waals surface area contributed by atoms with Gasteiger partial charge in [-0.3, -0.25) is 10.1 Å². The predicted octanol–water partition coefficient (Wildman–Crippen LogP) is 4.75. The first-order valence-electron chi connectivity index (χ1n) is 8.86. The van der Waals surface area contributed by atoms with Gasteiger partial charge in [0.25, 0.3) is 5.69 Å². The molecule has 3 rings (SSSR count). The Morgan fingerprint density at radius 3 is 2.60 bits per heavy atom. The SMILES string of the molecule is Cc1ccccc1NCc1ccc(N2CCC(C)CC2)c([N+](=O)[O-])c1. The van der Waals surface area contributed by atoms with Crippen molar-refractivity contribution in [2.45, 2.75) is 33.2 Å². The minimum atomic E-state index is -0.259. The molecule has 0 unspecified atom stereocenters. The number of aryl methyl sites for hydroxylation is 1. The third kappa shape index (κ3) is 4.10. The number of anilines is 2. The summed E-state index contributed by atoms with van der Waals surface area (Å²) in [5.41, 5.74) is 4.09. The van der Waals surface area contributed by atoms with Crippen LogP contribution < -0.4 is 10.2 Å². The van der Waals surface area contributed by atoms with Gasteiger partial charge < -0.3 is 10.2 Å². The van der Waals surface area contributed by atoms with Gasteiger partial charge in [0, 0.05) is 31.4 Å². The summed E-state index contributed by atoms with van der Waals surface area (Å²) in [6.07, 6.45) is 2.18. The fourth-order valence-corrected chi connectivity index (χ4v) is 3.31. The standard InChI is InChI=1S/C20H25N3O2/c1-15-9-11-22(12-10-15)19-8-7-17(13-20(19)23(24)25)14-21-18-6-4-3-5-16(18)2/h3-8,13,15,21H,9-12,14H2,1-2H3. The number of nitrogens with one attached hydrogen (secondary N) is 1. The lowest BCUT2D eigenvalue weighted by Crippen LogP contribution is -2.33. The van der Waals surface area contributed by atoms with Crippen molar-refractivity contribution in [1.29, 1.82) is 0 Å². The first kappa shape index (κ1) is 17.3. The van der Waals surface area contributed by atoms with Crippen LogP contribution in [0.15, 0.2) is 42.5 Å². The van der Waals surface area contributed by atoms with E-state index in [4.69, 9.17) is 0 Å². The second-order valence-corrected chi connectivity index (χ2v) is 6.92. The quantitative estimate of drug-likeness (QED) is 0.631. The van der Waals surface area contributed by atoms with Gasteiger partial charge >= 0.3 is 0 Å². The highest BCUT2D eigenvalue weighted by atomic mass is 16.6. The van der Waals surface area contributed by atoms with E-state index in [1.807, 2.05) is 43.3 Å². The Labute approximate surface area is 148 Å². The maximum Gasteiger partial charge on any atom is 0.292 e. The average Bonchev–Trinajstić information content (AvgIpc) is 2.61. The second kappa shape index (κ2) is 7.55. The van der Waals surface area contributed by atoms with E-state index >= 15 is 0 Å². The molecule has 1 aliphatic rings. The van der Waals surface area contributed by atoms with E-state index in [-0.39, 0.29) is 10.6 Å². The summed E-state index contributed by atoms with van der Waals surface area (Å²) in [5.74, 6) is 0.702. The van der Waals surface area contributed by atoms with E-state index in [1.54, 1.807) is 6.07 Å². The largest absolute Gasteiger partial charge is 0.381 e. The van der Waals surface area contributed by atoms with Gasteiger partial charge in [0.1, 0.15) is 5.69 Å². The number of hydrogen-bond acceptors (Lipinski definition) is 4. The van der Waals surface area contributed by atoms with Gasteiger partial charge in [-0.1, -0.05) is 31.2 Å². The topological polar surface area (TPSA) is 58.4 Å². The molecular weight excluding hydrogens is 314 g/mol. The Morgan fingerprint density at radius 1 is 1.20 bits per heavy atom. The maximum absolute atomic E-state index is 11.6. The molecule has 0 aliphatic carbocycles. The second-order valence-electron chi connectivity index (χ2n) is 6.92. The summed E-state index contributed by atoms with van der Waals surface area (Å²) < 4.78 is 0. The van der Waals surface area contributed by atoms with Crippen LogP contribution in [-0.2, 0) is 6.54 Å². The van der Waals surface area contributed by atoms with Crippen LogP contribution in [0.5, 0.6) is 0 Å². The molecule has 2 aromatic carbocycles. The van der Waals surface area contributed by atoms with Crippen molar-refractivity contribution < 1.29 is 4.92 Å². The van der Waals surface area contributed by atoms with E-state index < -0.39 is 0 Å². The van der Waals surface area contributed by atoms with Gasteiger partial charge in [0.2, 0.25) is 0 Å². The van der Waals surface area contributed by atoms with E-state index in [0.29, 0.717) is 12.5 Å². The average molecular weight is 339 g/mol. The molecule has 0 aromatic heterocycles. The molecule has 5 heteroatoms. The molecule has 1 fully saturated rings. The van der Waals surface area contributed by atoms with Crippen LogP contribution in [-0.4, -0.2) is 18.0 Å². The number of piperidine rings is 1. The first-order valence-corrected chi connectivity index (χ1v) is 8.86. The number of nitro benzene ring substituents is 1. The van der Waals surface area contributed by atoms with Gasteiger partial charge in [-0.2, -0.15) is 0 Å². The zero-order valence-electron chi connectivity index (χ0n) is 14.9. The van der Waals surface area contributed by atoms with Gasteiger partial charge in [-0.25, -0.2) is 0 Å². The van der Waals surface area contributed by atoms with Gasteiger partial charge in [-0.15, -0.1) is 0 Å². The van der Waals surface area contributed by atoms with Crippen molar-refractivity contribution in [3.63, 3.8) is 0 Å². The summed E-state index contributed by atoms with van der Waals surface area (Å²) in [6, 6.07) is 13.7. The zero-order chi connectivity index (χ0) is 17.8. The van der Waals surface area contributed by atoms with Gasteiger partial charge in [0.15, 0.2) is 0 Å². The van der Waals surface area contributed by atoms with Crippen LogP contribution in [0.2, 0.25) is 0 Å². The van der Waals surface area contributed by atoms with Crippen molar-refractivity contribution in [3.05, 3.63) is 63.7 Å². The summed E-state index contributed by atoms with van der Waals surface area (Å²) in [7, 11) is 0. The number of para-hydroxylation sites is 1. The number of benzene rings is 2. The Kier molecular flexibility index (Phi) is 5.22. The minimum Gasteiger partial charge on any atom is -0.381 e. The van der Waals surface area contributed by atoms with Gasteiger partial charge in [-0.05, 0) is 48.9 Å². The summed E-state index contributed by atoms with van der Waals surface area (Å²) in [4.78, 5) is 13.5. The lowest BCUT2D eigenvalue weighted by molar-refractivity contribution is -0.384. The van der Waals surface area contributed by atoms with Crippen LogP contribution >= 0.6 is 0 Å². The first-order chi connectivity index (χ1) is 12.0. The molecular formula is C20H25N3O2. The van der Waals surface area contributed by atoms with E-state index in [9.17, 15) is 10.1 Å². The Bertz CT molecular complexity index is 752. The molecule has 25 heavy (non-hydrogen) atoms. The molecule has 1 heterocycles. The summed E-state index contributed by atoms with van der Waals surface area (Å²) in [6.45, 7) is 6.64. The van der Waals surface area contributed by atoms with Crippen LogP contribution in [0.3, 0.4) is 0 Å². The molecule has 0 bridgehead atoms. The Morgan fingerprint density at radius 2 is 1.92 bits per heavy atom. The minimum absolute atomic E-state index is 0.207. The Hall–Kier alpha value is -2.56. The van der Waals surface area contributed by atoms with Crippen LogP contribution in [0.25, 0.3) is 0 Å². The number of nitrogens with zero attached hydrogens (tertiary/aromatic N) is 2. The molecule has 0 spiro atoms. The molecule has 0 amide bonds. The molecule has 0 radical (unpaired) electrons. The highest BCUT2D eigenvalue weighted by molar-refractivity contribution is 5.65. The van der Waals surface area contributed by atoms with Crippen molar-refractivity contribution in [3.8, 4) is 0 Å². The number of hydrogen-bond donors (Lipinski definition) is 1. The number of rotatable bonds is 5. The van der Waals surface area contributed by atoms with Gasteiger partial charge in [0.05, 0.1) is 4.92 Å². The van der Waals surface area contributed by atoms with E-state index in [1.165, 1.54) is 0 Å². The van der Waals surface area contributed by atoms with Crippen LogP contribution in [0.1, 0.15) is 30.9 Å². The molecule has 1 aliphatic heterocycles. The fraction of sp³-hybridized carbons (Fsp3) is 0.400. The van der Waals surface area contributed by atoms with Crippen LogP contribution in [0.4, 0.5) is 17.1 Å². The highest BCUT2D eigenvalue weighted by Crippen LogP contribution is 2.32. The fourth-order valence-electron chi connectivity index (χ4n) is 3.31.